The molecular formula is C12H14N6. The van der Waals surface area contributed by atoms with Crippen molar-refractivity contribution in [2.75, 3.05) is 5.73 Å². The summed E-state index contributed by atoms with van der Waals surface area (Å²) >= 11 is 0. The van der Waals surface area contributed by atoms with Gasteiger partial charge in [0.1, 0.15) is 5.52 Å². The van der Waals surface area contributed by atoms with E-state index in [0.717, 1.165) is 17.0 Å². The fourth-order valence-corrected chi connectivity index (χ4v) is 1.84. The molecule has 6 nitrogen and oxygen atoms in total. The Balaban J connectivity index is 2.23. The lowest BCUT2D eigenvalue weighted by molar-refractivity contribution is 0.781. The third-order valence-electron chi connectivity index (χ3n) is 2.80. The second kappa shape index (κ2) is 3.83. The highest BCUT2D eigenvalue weighted by molar-refractivity contribution is 5.61. The van der Waals surface area contributed by atoms with Crippen molar-refractivity contribution in [2.24, 2.45) is 0 Å². The Bertz CT molecular complexity index is 693. The summed E-state index contributed by atoms with van der Waals surface area (Å²) in [5.74, 6) is 1.11. The lowest BCUT2D eigenvalue weighted by atomic mass is 10.1. The van der Waals surface area contributed by atoms with E-state index in [1.54, 1.807) is 23.3 Å². The Morgan fingerprint density at radius 3 is 2.83 bits per heavy atom. The topological polar surface area (TPSA) is 74.0 Å². The molecule has 0 bridgehead atoms. The zero-order valence-electron chi connectivity index (χ0n) is 10.3. The summed E-state index contributed by atoms with van der Waals surface area (Å²) in [7, 11) is 0. The van der Waals surface area contributed by atoms with Crippen LogP contribution in [-0.2, 0) is 0 Å². The molecule has 18 heavy (non-hydrogen) atoms. The summed E-state index contributed by atoms with van der Waals surface area (Å²) in [6.07, 6.45) is 6.88. The molecule has 2 N–H and O–H groups in total. The highest BCUT2D eigenvalue weighted by atomic mass is 15.3. The maximum atomic E-state index is 5.68. The van der Waals surface area contributed by atoms with Crippen molar-refractivity contribution in [1.82, 2.24) is 24.4 Å². The first-order valence-corrected chi connectivity index (χ1v) is 5.80. The SMILES string of the molecule is CC(C)c1cc2c(-n3cc(N)cn3)nccn2n1. The lowest BCUT2D eigenvalue weighted by Crippen LogP contribution is -2.01. The number of hydrogen-bond donors (Lipinski definition) is 1. The Kier molecular flexibility index (Phi) is 2.29. The third-order valence-corrected chi connectivity index (χ3v) is 2.80. The van der Waals surface area contributed by atoms with Crippen molar-refractivity contribution < 1.29 is 0 Å². The van der Waals surface area contributed by atoms with Gasteiger partial charge in [0, 0.05) is 12.4 Å². The minimum atomic E-state index is 0.375. The molecule has 0 atom stereocenters. The quantitative estimate of drug-likeness (QED) is 0.741. The van der Waals surface area contributed by atoms with Gasteiger partial charge in [-0.15, -0.1) is 0 Å². The minimum absolute atomic E-state index is 0.375. The fourth-order valence-electron chi connectivity index (χ4n) is 1.84. The van der Waals surface area contributed by atoms with Gasteiger partial charge in [-0.3, -0.25) is 0 Å². The first-order chi connectivity index (χ1) is 8.65. The van der Waals surface area contributed by atoms with E-state index in [4.69, 9.17) is 5.73 Å². The monoisotopic (exact) mass is 242 g/mol. The molecule has 3 rings (SSSR count). The normalized spacial score (nSPS) is 11.5. The molecule has 0 aliphatic heterocycles. The molecule has 92 valence electrons. The van der Waals surface area contributed by atoms with Crippen molar-refractivity contribution in [3.63, 3.8) is 0 Å². The van der Waals surface area contributed by atoms with Gasteiger partial charge in [-0.2, -0.15) is 10.2 Å². The number of aromatic nitrogens is 5. The van der Waals surface area contributed by atoms with E-state index in [0.29, 0.717) is 11.6 Å². The minimum Gasteiger partial charge on any atom is -0.396 e. The summed E-state index contributed by atoms with van der Waals surface area (Å²) in [6.45, 7) is 4.22. The highest BCUT2D eigenvalue weighted by Crippen LogP contribution is 2.19. The number of anilines is 1. The van der Waals surface area contributed by atoms with Crippen molar-refractivity contribution in [1.29, 1.82) is 0 Å². The van der Waals surface area contributed by atoms with Gasteiger partial charge in [0.2, 0.25) is 0 Å². The Labute approximate surface area is 104 Å². The molecule has 6 heteroatoms. The van der Waals surface area contributed by atoms with Crippen LogP contribution in [0.25, 0.3) is 11.3 Å². The molecule has 3 aromatic rings. The first-order valence-electron chi connectivity index (χ1n) is 5.80. The van der Waals surface area contributed by atoms with Crippen molar-refractivity contribution in [3.8, 4) is 5.82 Å². The van der Waals surface area contributed by atoms with Gasteiger partial charge >= 0.3 is 0 Å². The van der Waals surface area contributed by atoms with E-state index >= 15 is 0 Å². The molecule has 3 heterocycles. The molecule has 0 aromatic carbocycles. The number of nitrogens with zero attached hydrogens (tertiary/aromatic N) is 5. The molecule has 0 fully saturated rings. The van der Waals surface area contributed by atoms with Crippen LogP contribution < -0.4 is 5.73 Å². The van der Waals surface area contributed by atoms with Crippen LogP contribution in [0.4, 0.5) is 5.69 Å². The second-order valence-corrected chi connectivity index (χ2v) is 4.52. The number of hydrogen-bond acceptors (Lipinski definition) is 4. The van der Waals surface area contributed by atoms with Crippen LogP contribution in [0.2, 0.25) is 0 Å². The Hall–Kier alpha value is -2.37. The van der Waals surface area contributed by atoms with Crippen LogP contribution in [0.15, 0.2) is 30.9 Å². The van der Waals surface area contributed by atoms with Crippen molar-refractivity contribution in [2.45, 2.75) is 19.8 Å². The first kappa shape index (κ1) is 10.8. The standard InChI is InChI=1S/C12H14N6/c1-8(2)10-5-11-12(14-3-4-17(11)16-10)18-7-9(13)6-15-18/h3-8H,13H2,1-2H3. The largest absolute Gasteiger partial charge is 0.396 e. The number of fused-ring (bicyclic) bond motifs is 1. The smallest absolute Gasteiger partial charge is 0.179 e. The molecule has 0 aliphatic rings. The molecule has 0 unspecified atom stereocenters. The van der Waals surface area contributed by atoms with Gasteiger partial charge in [0.25, 0.3) is 0 Å². The number of nitrogens with two attached hydrogens (primary N) is 1. The number of nitrogen functional groups attached to an aromatic ring is 1. The van der Waals surface area contributed by atoms with Gasteiger partial charge in [0.05, 0.1) is 23.8 Å². The average Bonchev–Trinajstić information content (AvgIpc) is 2.94. The van der Waals surface area contributed by atoms with Gasteiger partial charge in [0.15, 0.2) is 5.82 Å². The Morgan fingerprint density at radius 1 is 1.33 bits per heavy atom. The summed E-state index contributed by atoms with van der Waals surface area (Å²) in [6, 6.07) is 2.03. The van der Waals surface area contributed by atoms with Gasteiger partial charge in [-0.1, -0.05) is 13.8 Å². The molecule has 0 radical (unpaired) electrons. The van der Waals surface area contributed by atoms with Crippen LogP contribution in [-0.4, -0.2) is 24.4 Å². The third kappa shape index (κ3) is 1.62. The molecule has 0 spiro atoms. The van der Waals surface area contributed by atoms with Gasteiger partial charge in [-0.25, -0.2) is 14.2 Å². The highest BCUT2D eigenvalue weighted by Gasteiger charge is 2.11. The van der Waals surface area contributed by atoms with E-state index in [1.807, 2.05) is 16.8 Å². The Morgan fingerprint density at radius 2 is 2.17 bits per heavy atom. The summed E-state index contributed by atoms with van der Waals surface area (Å²) < 4.78 is 3.48. The van der Waals surface area contributed by atoms with Crippen LogP contribution >= 0.6 is 0 Å². The molecule has 3 aromatic heterocycles. The molecule has 0 aliphatic carbocycles. The van der Waals surface area contributed by atoms with E-state index in [-0.39, 0.29) is 0 Å². The predicted molar refractivity (Wildman–Crippen MR) is 68.6 cm³/mol. The van der Waals surface area contributed by atoms with Crippen molar-refractivity contribution >= 4 is 11.2 Å². The maximum absolute atomic E-state index is 5.68. The van der Waals surface area contributed by atoms with Crippen LogP contribution in [0.1, 0.15) is 25.5 Å². The summed E-state index contributed by atoms with van der Waals surface area (Å²) in [4.78, 5) is 4.35. The molecular weight excluding hydrogens is 228 g/mol. The lowest BCUT2D eigenvalue weighted by Gasteiger charge is -2.01. The van der Waals surface area contributed by atoms with Crippen LogP contribution in [0.3, 0.4) is 0 Å². The van der Waals surface area contributed by atoms with Gasteiger partial charge in [-0.05, 0) is 12.0 Å². The van der Waals surface area contributed by atoms with Gasteiger partial charge < -0.3 is 5.73 Å². The predicted octanol–water partition coefficient (Wildman–Crippen LogP) is 1.62. The molecule has 0 amide bonds. The second-order valence-electron chi connectivity index (χ2n) is 4.52. The van der Waals surface area contributed by atoms with E-state index < -0.39 is 0 Å². The van der Waals surface area contributed by atoms with E-state index in [2.05, 4.69) is 29.0 Å². The fraction of sp³-hybridized carbons (Fsp3) is 0.250. The maximum Gasteiger partial charge on any atom is 0.179 e. The van der Waals surface area contributed by atoms with E-state index in [9.17, 15) is 0 Å². The zero-order chi connectivity index (χ0) is 12.7. The summed E-state index contributed by atoms with van der Waals surface area (Å²) in [5, 5.41) is 8.69. The molecule has 0 saturated carbocycles. The van der Waals surface area contributed by atoms with Crippen LogP contribution in [0, 0.1) is 0 Å². The van der Waals surface area contributed by atoms with Crippen LogP contribution in [0.5, 0.6) is 0 Å². The zero-order valence-corrected chi connectivity index (χ0v) is 10.3. The average molecular weight is 242 g/mol. The van der Waals surface area contributed by atoms with E-state index in [1.165, 1.54) is 0 Å². The summed E-state index contributed by atoms with van der Waals surface area (Å²) in [5.41, 5.74) is 8.25. The number of rotatable bonds is 2. The molecule has 0 saturated heterocycles. The van der Waals surface area contributed by atoms with Crippen molar-refractivity contribution in [3.05, 3.63) is 36.5 Å².